The van der Waals surface area contributed by atoms with E-state index in [4.69, 9.17) is 14.2 Å². The molecule has 0 bridgehead atoms. The molecule has 12 heteroatoms. The number of Topliss-reactive ketones (excluding diaryl/α,β-unsaturated/α-hetero) is 1. The summed E-state index contributed by atoms with van der Waals surface area (Å²) in [5, 5.41) is 18.8. The first-order valence-corrected chi connectivity index (χ1v) is 13.0. The lowest BCUT2D eigenvalue weighted by Gasteiger charge is -2.13. The zero-order valence-corrected chi connectivity index (χ0v) is 23.4. The summed E-state index contributed by atoms with van der Waals surface area (Å²) in [4.78, 5) is 74.4. The standard InChI is InChI=1S/C31H19BrO11/c32-18-11-9-17(10-12-18)25(33)16-41-29(38)24-14-13-19(42-30(39)22-7-3-1-5-20(22)27(34)35)15-26(24)43-31(40)23-8-4-2-6-21(23)28(36)37/h1-15H,16H2,(H,34,35)(H,36,37). The second-order valence-electron chi connectivity index (χ2n) is 8.64. The third-order valence-electron chi connectivity index (χ3n) is 5.84. The minimum absolute atomic E-state index is 0.248. The van der Waals surface area contributed by atoms with Gasteiger partial charge in [-0.3, -0.25) is 4.79 Å². The van der Waals surface area contributed by atoms with E-state index in [2.05, 4.69) is 15.9 Å². The van der Waals surface area contributed by atoms with Crippen LogP contribution in [0.4, 0.5) is 0 Å². The van der Waals surface area contributed by atoms with E-state index in [-0.39, 0.29) is 39.1 Å². The number of ether oxygens (including phenoxy) is 3. The number of aromatic carboxylic acids is 2. The Morgan fingerprint density at radius 2 is 1.09 bits per heavy atom. The number of benzene rings is 4. The molecule has 0 saturated heterocycles. The van der Waals surface area contributed by atoms with Gasteiger partial charge < -0.3 is 24.4 Å². The number of carbonyl (C=O) groups excluding carboxylic acids is 4. The number of carbonyl (C=O) groups is 6. The Morgan fingerprint density at radius 3 is 1.63 bits per heavy atom. The van der Waals surface area contributed by atoms with Crippen LogP contribution in [0.25, 0.3) is 0 Å². The van der Waals surface area contributed by atoms with E-state index in [1.54, 1.807) is 12.1 Å². The fourth-order valence-corrected chi connectivity index (χ4v) is 4.02. The number of rotatable bonds is 10. The summed E-state index contributed by atoms with van der Waals surface area (Å²) in [5.74, 6) is -7.30. The topological polar surface area (TPSA) is 171 Å². The molecule has 2 N–H and O–H groups in total. The van der Waals surface area contributed by atoms with Crippen molar-refractivity contribution in [1.82, 2.24) is 0 Å². The monoisotopic (exact) mass is 646 g/mol. The predicted octanol–water partition coefficient (Wildman–Crippen LogP) is 5.32. The summed E-state index contributed by atoms with van der Waals surface area (Å²) >= 11 is 3.26. The van der Waals surface area contributed by atoms with Crippen molar-refractivity contribution >= 4 is 51.6 Å². The largest absolute Gasteiger partial charge is 0.478 e. The van der Waals surface area contributed by atoms with Gasteiger partial charge in [-0.2, -0.15) is 0 Å². The molecule has 0 aliphatic heterocycles. The third-order valence-corrected chi connectivity index (χ3v) is 6.37. The Balaban J connectivity index is 1.63. The lowest BCUT2D eigenvalue weighted by Crippen LogP contribution is -2.18. The molecule has 0 aliphatic rings. The first-order chi connectivity index (χ1) is 20.5. The Kier molecular flexibility index (Phi) is 9.43. The zero-order chi connectivity index (χ0) is 31.1. The molecule has 11 nitrogen and oxygen atoms in total. The van der Waals surface area contributed by atoms with E-state index >= 15 is 0 Å². The number of hydrogen-bond acceptors (Lipinski definition) is 9. The van der Waals surface area contributed by atoms with Gasteiger partial charge in [0, 0.05) is 16.1 Å². The van der Waals surface area contributed by atoms with Gasteiger partial charge in [0.2, 0.25) is 0 Å². The Morgan fingerprint density at radius 1 is 0.581 bits per heavy atom. The van der Waals surface area contributed by atoms with Crippen LogP contribution in [-0.4, -0.2) is 52.4 Å². The zero-order valence-electron chi connectivity index (χ0n) is 21.8. The molecule has 43 heavy (non-hydrogen) atoms. The molecule has 0 heterocycles. The number of hydrogen-bond donors (Lipinski definition) is 2. The number of halogens is 1. The van der Waals surface area contributed by atoms with Crippen LogP contribution in [0.5, 0.6) is 11.5 Å². The van der Waals surface area contributed by atoms with E-state index in [0.29, 0.717) is 0 Å². The molecule has 0 unspecified atom stereocenters. The summed E-state index contributed by atoms with van der Waals surface area (Å²) in [5.41, 5.74) is -1.37. The van der Waals surface area contributed by atoms with Crippen LogP contribution in [0.1, 0.15) is 62.1 Å². The highest BCUT2D eigenvalue weighted by Crippen LogP contribution is 2.28. The summed E-state index contributed by atoms with van der Waals surface area (Å²) in [6.07, 6.45) is 0. The molecular weight excluding hydrogens is 628 g/mol. The van der Waals surface area contributed by atoms with Crippen LogP contribution in [0.3, 0.4) is 0 Å². The van der Waals surface area contributed by atoms with E-state index in [1.165, 1.54) is 60.7 Å². The van der Waals surface area contributed by atoms with Gasteiger partial charge in [-0.15, -0.1) is 0 Å². The lowest BCUT2D eigenvalue weighted by molar-refractivity contribution is 0.0469. The van der Waals surface area contributed by atoms with Crippen molar-refractivity contribution in [3.05, 3.63) is 129 Å². The van der Waals surface area contributed by atoms with Crippen LogP contribution in [0.15, 0.2) is 95.5 Å². The van der Waals surface area contributed by atoms with Gasteiger partial charge in [-0.25, -0.2) is 24.0 Å². The van der Waals surface area contributed by atoms with Crippen LogP contribution in [0, 0.1) is 0 Å². The SMILES string of the molecule is O=C(COC(=O)c1ccc(OC(=O)c2ccccc2C(=O)O)cc1OC(=O)c1ccccc1C(=O)O)c1ccc(Br)cc1. The molecule has 0 spiro atoms. The minimum Gasteiger partial charge on any atom is -0.478 e. The van der Waals surface area contributed by atoms with Crippen LogP contribution in [0.2, 0.25) is 0 Å². The lowest BCUT2D eigenvalue weighted by atomic mass is 10.1. The molecule has 0 atom stereocenters. The van der Waals surface area contributed by atoms with Crippen molar-refractivity contribution in [2.75, 3.05) is 6.61 Å². The average molecular weight is 647 g/mol. The summed E-state index contributed by atoms with van der Waals surface area (Å²) in [6.45, 7) is -0.654. The molecule has 0 fully saturated rings. The van der Waals surface area contributed by atoms with Crippen molar-refractivity contribution in [2.24, 2.45) is 0 Å². The van der Waals surface area contributed by atoms with Crippen molar-refractivity contribution in [1.29, 1.82) is 0 Å². The molecule has 0 aliphatic carbocycles. The Labute approximate surface area is 251 Å². The number of ketones is 1. The minimum atomic E-state index is -1.40. The normalized spacial score (nSPS) is 10.3. The van der Waals surface area contributed by atoms with Gasteiger partial charge in [0.15, 0.2) is 12.4 Å². The van der Waals surface area contributed by atoms with Crippen molar-refractivity contribution in [3.63, 3.8) is 0 Å². The second-order valence-corrected chi connectivity index (χ2v) is 9.56. The first kappa shape index (κ1) is 30.3. The average Bonchev–Trinajstić information content (AvgIpc) is 3.00. The number of carboxylic acids is 2. The molecule has 0 saturated carbocycles. The highest BCUT2D eigenvalue weighted by atomic mass is 79.9. The van der Waals surface area contributed by atoms with E-state index in [9.17, 15) is 39.0 Å². The molecule has 0 amide bonds. The number of esters is 3. The maximum Gasteiger partial charge on any atom is 0.344 e. The molecular formula is C31H19BrO11. The maximum absolute atomic E-state index is 13.0. The first-order valence-electron chi connectivity index (χ1n) is 12.2. The van der Waals surface area contributed by atoms with Crippen LogP contribution >= 0.6 is 15.9 Å². The summed E-state index contributed by atoms with van der Waals surface area (Å²) < 4.78 is 16.5. The summed E-state index contributed by atoms with van der Waals surface area (Å²) in [6, 6.07) is 20.1. The quantitative estimate of drug-likeness (QED) is 0.130. The van der Waals surface area contributed by atoms with Gasteiger partial charge in [0.25, 0.3) is 0 Å². The fourth-order valence-electron chi connectivity index (χ4n) is 3.76. The van der Waals surface area contributed by atoms with Gasteiger partial charge >= 0.3 is 29.8 Å². The third kappa shape index (κ3) is 7.37. The number of carboxylic acid groups (broad SMARTS) is 2. The Hall–Kier alpha value is -5.62. The van der Waals surface area contributed by atoms with Crippen LogP contribution in [-0.2, 0) is 4.74 Å². The Bertz CT molecular complexity index is 1760. The van der Waals surface area contributed by atoms with Gasteiger partial charge in [0.1, 0.15) is 17.1 Å². The molecule has 0 aromatic heterocycles. The smallest absolute Gasteiger partial charge is 0.344 e. The van der Waals surface area contributed by atoms with Crippen molar-refractivity contribution in [3.8, 4) is 11.5 Å². The molecule has 0 radical (unpaired) electrons. The van der Waals surface area contributed by atoms with Crippen LogP contribution < -0.4 is 9.47 Å². The fraction of sp³-hybridized carbons (Fsp3) is 0.0323. The molecule has 4 aromatic rings. The van der Waals surface area contributed by atoms with E-state index in [0.717, 1.165) is 22.7 Å². The van der Waals surface area contributed by atoms with Crippen molar-refractivity contribution < 1.29 is 53.2 Å². The summed E-state index contributed by atoms with van der Waals surface area (Å²) in [7, 11) is 0. The molecule has 4 aromatic carbocycles. The van der Waals surface area contributed by atoms with Gasteiger partial charge in [-0.05, 0) is 48.5 Å². The van der Waals surface area contributed by atoms with E-state index < -0.39 is 48.0 Å². The molecule has 216 valence electrons. The highest BCUT2D eigenvalue weighted by molar-refractivity contribution is 9.10. The van der Waals surface area contributed by atoms with Gasteiger partial charge in [-0.1, -0.05) is 52.3 Å². The van der Waals surface area contributed by atoms with E-state index in [1.807, 2.05) is 0 Å². The van der Waals surface area contributed by atoms with Crippen molar-refractivity contribution in [2.45, 2.75) is 0 Å². The molecule has 4 rings (SSSR count). The maximum atomic E-state index is 13.0. The van der Waals surface area contributed by atoms with Gasteiger partial charge in [0.05, 0.1) is 22.3 Å². The predicted molar refractivity (Wildman–Crippen MR) is 152 cm³/mol. The second kappa shape index (κ2) is 13.4. The highest BCUT2D eigenvalue weighted by Gasteiger charge is 2.24.